The van der Waals surface area contributed by atoms with Crippen LogP contribution in [0, 0.1) is 5.82 Å². The zero-order valence-electron chi connectivity index (χ0n) is 13.7. The van der Waals surface area contributed by atoms with Crippen LogP contribution in [0.5, 0.6) is 0 Å². The first-order valence-corrected chi connectivity index (χ1v) is 8.82. The van der Waals surface area contributed by atoms with Crippen LogP contribution in [0.3, 0.4) is 0 Å². The summed E-state index contributed by atoms with van der Waals surface area (Å²) in [4.78, 5) is 14.9. The lowest BCUT2D eigenvalue weighted by molar-refractivity contribution is -0.131. The van der Waals surface area contributed by atoms with Gasteiger partial charge in [-0.25, -0.2) is 4.39 Å². The van der Waals surface area contributed by atoms with E-state index >= 15 is 0 Å². The van der Waals surface area contributed by atoms with E-state index in [4.69, 9.17) is 11.6 Å². The molecule has 26 heavy (non-hydrogen) atoms. The van der Waals surface area contributed by atoms with Crippen LogP contribution in [-0.4, -0.2) is 38.1 Å². The summed E-state index contributed by atoms with van der Waals surface area (Å²) >= 11 is 9.36. The third-order valence-corrected chi connectivity index (χ3v) is 4.60. The molecule has 0 N–H and O–H groups in total. The lowest BCUT2D eigenvalue weighted by atomic mass is 10.2. The van der Waals surface area contributed by atoms with E-state index in [-0.39, 0.29) is 29.6 Å². The summed E-state index contributed by atoms with van der Waals surface area (Å²) in [5.41, 5.74) is 1.06. The Labute approximate surface area is 162 Å². The van der Waals surface area contributed by atoms with E-state index in [1.165, 1.54) is 21.8 Å². The van der Waals surface area contributed by atoms with Crippen molar-refractivity contribution in [3.8, 4) is 11.4 Å². The molecule has 0 aliphatic heterocycles. The molecule has 0 atom stereocenters. The van der Waals surface area contributed by atoms with Crippen molar-refractivity contribution in [2.75, 3.05) is 7.05 Å². The van der Waals surface area contributed by atoms with Crippen LogP contribution >= 0.6 is 27.5 Å². The maximum Gasteiger partial charge on any atom is 0.246 e. The molecule has 2 aromatic carbocycles. The highest BCUT2D eigenvalue weighted by atomic mass is 79.9. The van der Waals surface area contributed by atoms with Crippen molar-refractivity contribution in [1.29, 1.82) is 0 Å². The minimum atomic E-state index is -0.450. The van der Waals surface area contributed by atoms with E-state index in [9.17, 15) is 9.18 Å². The van der Waals surface area contributed by atoms with E-state index in [1.54, 1.807) is 13.1 Å². The van der Waals surface area contributed by atoms with Crippen LogP contribution in [0.25, 0.3) is 11.4 Å². The number of hydrogen-bond donors (Lipinski definition) is 0. The van der Waals surface area contributed by atoms with E-state index in [0.717, 1.165) is 10.0 Å². The third-order valence-electron chi connectivity index (χ3n) is 3.71. The minimum Gasteiger partial charge on any atom is -0.340 e. The van der Waals surface area contributed by atoms with Crippen molar-refractivity contribution in [3.05, 3.63) is 63.3 Å². The minimum absolute atomic E-state index is 0.0542. The summed E-state index contributed by atoms with van der Waals surface area (Å²) in [6.45, 7) is -0.0509. The first-order valence-electron chi connectivity index (χ1n) is 7.64. The number of tetrazole rings is 1. The summed E-state index contributed by atoms with van der Waals surface area (Å²) in [6.07, 6.45) is 0. The largest absolute Gasteiger partial charge is 0.340 e. The summed E-state index contributed by atoms with van der Waals surface area (Å²) in [5.74, 6) is -0.317. The molecule has 134 valence electrons. The Balaban J connectivity index is 1.67. The van der Waals surface area contributed by atoms with Crippen molar-refractivity contribution in [3.63, 3.8) is 0 Å². The van der Waals surface area contributed by atoms with Gasteiger partial charge >= 0.3 is 0 Å². The van der Waals surface area contributed by atoms with Crippen molar-refractivity contribution < 1.29 is 9.18 Å². The van der Waals surface area contributed by atoms with Gasteiger partial charge < -0.3 is 4.90 Å². The molecule has 0 spiro atoms. The molecule has 1 aromatic heterocycles. The van der Waals surface area contributed by atoms with Crippen LogP contribution in [0.15, 0.2) is 46.9 Å². The van der Waals surface area contributed by atoms with Gasteiger partial charge in [0.25, 0.3) is 0 Å². The number of likely N-dealkylation sites (N-methyl/N-ethyl adjacent to an activating group) is 1. The summed E-state index contributed by atoms with van der Waals surface area (Å²) in [7, 11) is 1.57. The zero-order valence-corrected chi connectivity index (χ0v) is 16.1. The van der Waals surface area contributed by atoms with Crippen LogP contribution in [0.4, 0.5) is 4.39 Å². The third kappa shape index (κ3) is 4.25. The van der Waals surface area contributed by atoms with Gasteiger partial charge in [0.05, 0.1) is 0 Å². The van der Waals surface area contributed by atoms with Gasteiger partial charge in [0.15, 0.2) is 0 Å². The van der Waals surface area contributed by atoms with Crippen LogP contribution in [-0.2, 0) is 17.9 Å². The van der Waals surface area contributed by atoms with Gasteiger partial charge in [-0.2, -0.15) is 4.80 Å². The molecule has 3 rings (SSSR count). The summed E-state index contributed by atoms with van der Waals surface area (Å²) in [5, 5.41) is 12.3. The maximum atomic E-state index is 13.9. The Morgan fingerprint density at radius 1 is 1.27 bits per heavy atom. The molecule has 0 fully saturated rings. The second kappa shape index (κ2) is 7.92. The number of nitrogens with zero attached hydrogens (tertiary/aromatic N) is 5. The van der Waals surface area contributed by atoms with Gasteiger partial charge in [0.1, 0.15) is 12.4 Å². The van der Waals surface area contributed by atoms with Crippen LogP contribution < -0.4 is 0 Å². The van der Waals surface area contributed by atoms with Crippen LogP contribution in [0.1, 0.15) is 5.56 Å². The number of rotatable bonds is 5. The van der Waals surface area contributed by atoms with Crippen molar-refractivity contribution in [2.24, 2.45) is 0 Å². The van der Waals surface area contributed by atoms with Crippen molar-refractivity contribution in [1.82, 2.24) is 25.1 Å². The molecular formula is C17H14BrClFN5O. The fourth-order valence-corrected chi connectivity index (χ4v) is 2.76. The lowest BCUT2D eigenvalue weighted by Crippen LogP contribution is -2.31. The number of carbonyl (C=O) groups is 1. The predicted molar refractivity (Wildman–Crippen MR) is 98.8 cm³/mol. The highest BCUT2D eigenvalue weighted by molar-refractivity contribution is 9.10. The molecule has 0 radical (unpaired) electrons. The Hall–Kier alpha value is -2.32. The molecule has 0 bridgehead atoms. The number of aromatic nitrogens is 4. The number of amides is 1. The number of carbonyl (C=O) groups excluding carboxylic acids is 1. The maximum absolute atomic E-state index is 13.9. The van der Waals surface area contributed by atoms with Gasteiger partial charge in [0.2, 0.25) is 11.7 Å². The SMILES string of the molecule is CN(Cc1c(F)cccc1Cl)C(=O)Cn1nnc(-c2ccc(Br)cc2)n1. The molecule has 9 heteroatoms. The number of hydrogen-bond acceptors (Lipinski definition) is 4. The molecule has 6 nitrogen and oxygen atoms in total. The monoisotopic (exact) mass is 437 g/mol. The first kappa shape index (κ1) is 18.5. The average molecular weight is 439 g/mol. The predicted octanol–water partition coefficient (Wildman–Crippen LogP) is 3.55. The molecule has 0 saturated carbocycles. The van der Waals surface area contributed by atoms with Crippen molar-refractivity contribution in [2.45, 2.75) is 13.1 Å². The van der Waals surface area contributed by atoms with Crippen molar-refractivity contribution >= 4 is 33.4 Å². The average Bonchev–Trinajstić information content (AvgIpc) is 3.07. The molecule has 0 aliphatic carbocycles. The Kier molecular flexibility index (Phi) is 5.63. The normalized spacial score (nSPS) is 10.8. The summed E-state index contributed by atoms with van der Waals surface area (Å²) in [6, 6.07) is 11.8. The quantitative estimate of drug-likeness (QED) is 0.611. The highest BCUT2D eigenvalue weighted by Gasteiger charge is 2.16. The standard InChI is InChI=1S/C17H14BrClFN5O/c1-24(9-13-14(19)3-2-4-15(13)20)16(26)10-25-22-17(21-23-25)11-5-7-12(18)8-6-11/h2-8H,9-10H2,1H3. The van der Waals surface area contributed by atoms with Gasteiger partial charge in [-0.1, -0.05) is 33.6 Å². The van der Waals surface area contributed by atoms with Gasteiger partial charge in [-0.3, -0.25) is 4.79 Å². The summed E-state index contributed by atoms with van der Waals surface area (Å²) < 4.78 is 14.8. The topological polar surface area (TPSA) is 63.9 Å². The second-order valence-corrected chi connectivity index (χ2v) is 6.92. The molecular weight excluding hydrogens is 425 g/mol. The first-order chi connectivity index (χ1) is 12.4. The Morgan fingerprint density at radius 2 is 2.00 bits per heavy atom. The highest BCUT2D eigenvalue weighted by Crippen LogP contribution is 2.20. The lowest BCUT2D eigenvalue weighted by Gasteiger charge is -2.18. The second-order valence-electron chi connectivity index (χ2n) is 5.60. The van der Waals surface area contributed by atoms with E-state index in [1.807, 2.05) is 24.3 Å². The molecule has 0 aliphatic rings. The fourth-order valence-electron chi connectivity index (χ4n) is 2.28. The fraction of sp³-hybridized carbons (Fsp3) is 0.176. The van der Waals surface area contributed by atoms with E-state index in [2.05, 4.69) is 31.3 Å². The molecule has 1 amide bonds. The molecule has 0 unspecified atom stereocenters. The van der Waals surface area contributed by atoms with Crippen LogP contribution in [0.2, 0.25) is 5.02 Å². The number of halogens is 3. The number of benzene rings is 2. The molecule has 3 aromatic rings. The van der Waals surface area contributed by atoms with Gasteiger partial charge in [-0.05, 0) is 41.6 Å². The Morgan fingerprint density at radius 3 is 2.69 bits per heavy atom. The molecule has 0 saturated heterocycles. The molecule has 1 heterocycles. The zero-order chi connectivity index (χ0) is 18.7. The Bertz CT molecular complexity index is 911. The smallest absolute Gasteiger partial charge is 0.246 e. The van der Waals surface area contributed by atoms with Gasteiger partial charge in [0, 0.05) is 34.2 Å². The van der Waals surface area contributed by atoms with E-state index < -0.39 is 5.82 Å². The van der Waals surface area contributed by atoms with E-state index in [0.29, 0.717) is 5.82 Å². The van der Waals surface area contributed by atoms with Gasteiger partial charge in [-0.15, -0.1) is 10.2 Å².